The third-order valence-electron chi connectivity index (χ3n) is 6.38. The molecule has 3 nitrogen and oxygen atoms in total. The van der Waals surface area contributed by atoms with Crippen LogP contribution in [0.15, 0.2) is 66.7 Å². The molecular formula is C25H26N2O. The minimum absolute atomic E-state index is 0.180. The maximum atomic E-state index is 13.3. The van der Waals surface area contributed by atoms with Crippen LogP contribution in [0.2, 0.25) is 0 Å². The Morgan fingerprint density at radius 2 is 1.64 bits per heavy atom. The van der Waals surface area contributed by atoms with Gasteiger partial charge in [-0.3, -0.25) is 9.69 Å². The predicted molar refractivity (Wildman–Crippen MR) is 113 cm³/mol. The van der Waals surface area contributed by atoms with E-state index < -0.39 is 0 Å². The summed E-state index contributed by atoms with van der Waals surface area (Å²) in [7, 11) is 0. The van der Waals surface area contributed by atoms with Crippen LogP contribution in [0.5, 0.6) is 0 Å². The maximum Gasteiger partial charge on any atom is 0.254 e. The molecule has 1 fully saturated rings. The van der Waals surface area contributed by atoms with Crippen LogP contribution in [0.25, 0.3) is 10.8 Å². The second-order valence-electron chi connectivity index (χ2n) is 8.06. The Morgan fingerprint density at radius 3 is 2.57 bits per heavy atom. The van der Waals surface area contributed by atoms with E-state index in [1.165, 1.54) is 17.5 Å². The van der Waals surface area contributed by atoms with Gasteiger partial charge in [-0.25, -0.2) is 0 Å². The lowest BCUT2D eigenvalue weighted by atomic mass is 9.95. The van der Waals surface area contributed by atoms with Gasteiger partial charge in [-0.1, -0.05) is 60.7 Å². The Morgan fingerprint density at radius 1 is 0.857 bits per heavy atom. The summed E-state index contributed by atoms with van der Waals surface area (Å²) in [5.74, 6) is 0.180. The summed E-state index contributed by atoms with van der Waals surface area (Å²) in [4.78, 5) is 18.0. The first-order valence-electron chi connectivity index (χ1n) is 10.4. The van der Waals surface area contributed by atoms with E-state index in [2.05, 4.69) is 52.3 Å². The number of likely N-dealkylation sites (tertiary alicyclic amines) is 1. The molecule has 0 radical (unpaired) electrons. The molecule has 3 aromatic carbocycles. The smallest absolute Gasteiger partial charge is 0.254 e. The molecule has 2 aliphatic rings. The lowest BCUT2D eigenvalue weighted by molar-refractivity contribution is 0.0551. The van der Waals surface area contributed by atoms with Crippen molar-refractivity contribution < 1.29 is 4.79 Å². The summed E-state index contributed by atoms with van der Waals surface area (Å²) in [6.07, 6.45) is 3.38. The van der Waals surface area contributed by atoms with Gasteiger partial charge in [0.2, 0.25) is 0 Å². The largest absolute Gasteiger partial charge is 0.337 e. The first-order valence-corrected chi connectivity index (χ1v) is 10.4. The third kappa shape index (κ3) is 3.20. The molecule has 0 N–H and O–H groups in total. The van der Waals surface area contributed by atoms with Crippen LogP contribution in [0.3, 0.4) is 0 Å². The molecule has 1 atom stereocenters. The number of rotatable bonds is 2. The fourth-order valence-electron chi connectivity index (χ4n) is 4.85. The van der Waals surface area contributed by atoms with Gasteiger partial charge >= 0.3 is 0 Å². The molecule has 0 aliphatic carbocycles. The number of carbonyl (C=O) groups excluding carboxylic acids is 1. The van der Waals surface area contributed by atoms with E-state index in [1.54, 1.807) is 0 Å². The Hall–Kier alpha value is -2.65. The maximum absolute atomic E-state index is 13.3. The van der Waals surface area contributed by atoms with Crippen molar-refractivity contribution in [1.29, 1.82) is 0 Å². The standard InChI is InChI=1S/C25H26N2O/c28-25(24-13-5-10-20-8-3-4-12-23(20)24)27-15-6-11-22(18-27)26-16-14-19-7-1-2-9-21(19)17-26/h1-5,7-10,12-13,22H,6,11,14-18H2/t22-/m1/s1. The van der Waals surface area contributed by atoms with Gasteiger partial charge in [0.1, 0.15) is 0 Å². The van der Waals surface area contributed by atoms with E-state index in [0.717, 1.165) is 55.4 Å². The highest BCUT2D eigenvalue weighted by Gasteiger charge is 2.30. The van der Waals surface area contributed by atoms with Crippen molar-refractivity contribution >= 4 is 16.7 Å². The number of fused-ring (bicyclic) bond motifs is 2. The summed E-state index contributed by atoms with van der Waals surface area (Å²) in [5, 5.41) is 2.19. The molecule has 142 valence electrons. The number of benzene rings is 3. The molecular weight excluding hydrogens is 344 g/mol. The van der Waals surface area contributed by atoms with Crippen LogP contribution in [-0.2, 0) is 13.0 Å². The van der Waals surface area contributed by atoms with Gasteiger partial charge in [0.05, 0.1) is 0 Å². The molecule has 2 aliphatic heterocycles. The van der Waals surface area contributed by atoms with E-state index in [-0.39, 0.29) is 5.91 Å². The van der Waals surface area contributed by atoms with Crippen molar-refractivity contribution in [3.63, 3.8) is 0 Å². The molecule has 0 aromatic heterocycles. The Kier molecular flexibility index (Phi) is 4.61. The molecule has 0 bridgehead atoms. The third-order valence-corrected chi connectivity index (χ3v) is 6.38. The van der Waals surface area contributed by atoms with Crippen LogP contribution < -0.4 is 0 Å². The number of carbonyl (C=O) groups is 1. The first-order chi connectivity index (χ1) is 13.8. The topological polar surface area (TPSA) is 23.6 Å². The van der Waals surface area contributed by atoms with Gasteiger partial charge in [0, 0.05) is 37.8 Å². The summed E-state index contributed by atoms with van der Waals surface area (Å²) in [6, 6.07) is 23.5. The van der Waals surface area contributed by atoms with Gasteiger partial charge in [0.25, 0.3) is 5.91 Å². The highest BCUT2D eigenvalue weighted by molar-refractivity contribution is 6.07. The lowest BCUT2D eigenvalue weighted by Gasteiger charge is -2.41. The van der Waals surface area contributed by atoms with Crippen molar-refractivity contribution in [2.24, 2.45) is 0 Å². The molecule has 3 aromatic rings. The van der Waals surface area contributed by atoms with Crippen LogP contribution >= 0.6 is 0 Å². The number of nitrogens with zero attached hydrogens (tertiary/aromatic N) is 2. The van der Waals surface area contributed by atoms with Gasteiger partial charge in [-0.05, 0) is 47.2 Å². The van der Waals surface area contributed by atoms with Crippen LogP contribution in [0, 0.1) is 0 Å². The minimum Gasteiger partial charge on any atom is -0.337 e. The average molecular weight is 370 g/mol. The van der Waals surface area contributed by atoms with Crippen LogP contribution in [0.4, 0.5) is 0 Å². The van der Waals surface area contributed by atoms with Crippen molar-refractivity contribution in [3.05, 3.63) is 83.4 Å². The Balaban J connectivity index is 1.35. The predicted octanol–water partition coefficient (Wildman–Crippen LogP) is 4.50. The van der Waals surface area contributed by atoms with Crippen molar-refractivity contribution in [1.82, 2.24) is 9.80 Å². The molecule has 0 saturated carbocycles. The normalized spacial score (nSPS) is 20.1. The monoisotopic (exact) mass is 370 g/mol. The summed E-state index contributed by atoms with van der Waals surface area (Å²) >= 11 is 0. The average Bonchev–Trinajstić information content (AvgIpc) is 2.78. The SMILES string of the molecule is O=C(c1cccc2ccccc12)N1CCC[C@@H](N2CCc3ccccc3C2)C1. The first kappa shape index (κ1) is 17.4. The number of amides is 1. The second kappa shape index (κ2) is 7.40. The Bertz CT molecular complexity index is 1010. The fourth-order valence-corrected chi connectivity index (χ4v) is 4.85. The van der Waals surface area contributed by atoms with Crippen molar-refractivity contribution in [2.45, 2.75) is 31.8 Å². The van der Waals surface area contributed by atoms with E-state index in [4.69, 9.17) is 0 Å². The molecule has 2 heterocycles. The lowest BCUT2D eigenvalue weighted by Crippen LogP contribution is -2.51. The quantitative estimate of drug-likeness (QED) is 0.663. The molecule has 0 spiro atoms. The minimum atomic E-state index is 0.180. The fraction of sp³-hybridized carbons (Fsp3) is 0.320. The highest BCUT2D eigenvalue weighted by Crippen LogP contribution is 2.26. The molecule has 1 saturated heterocycles. The molecule has 5 rings (SSSR count). The van der Waals surface area contributed by atoms with Gasteiger partial charge in [-0.15, -0.1) is 0 Å². The Labute approximate surface area is 166 Å². The van der Waals surface area contributed by atoms with Gasteiger partial charge in [0.15, 0.2) is 0 Å². The molecule has 28 heavy (non-hydrogen) atoms. The molecule has 3 heteroatoms. The summed E-state index contributed by atoms with van der Waals surface area (Å²) < 4.78 is 0. The van der Waals surface area contributed by atoms with Gasteiger partial charge < -0.3 is 4.90 Å². The van der Waals surface area contributed by atoms with E-state index >= 15 is 0 Å². The van der Waals surface area contributed by atoms with Crippen LogP contribution in [-0.4, -0.2) is 41.4 Å². The number of piperidine rings is 1. The van der Waals surface area contributed by atoms with E-state index in [0.29, 0.717) is 6.04 Å². The highest BCUT2D eigenvalue weighted by atomic mass is 16.2. The second-order valence-corrected chi connectivity index (χ2v) is 8.06. The molecule has 1 amide bonds. The van der Waals surface area contributed by atoms with Crippen molar-refractivity contribution in [2.75, 3.05) is 19.6 Å². The molecule has 0 unspecified atom stereocenters. The number of hydrogen-bond donors (Lipinski definition) is 0. The summed E-state index contributed by atoms with van der Waals surface area (Å²) in [5.41, 5.74) is 3.77. The van der Waals surface area contributed by atoms with Crippen molar-refractivity contribution in [3.8, 4) is 0 Å². The van der Waals surface area contributed by atoms with Gasteiger partial charge in [-0.2, -0.15) is 0 Å². The van der Waals surface area contributed by atoms with Crippen LogP contribution in [0.1, 0.15) is 34.3 Å². The zero-order valence-corrected chi connectivity index (χ0v) is 16.2. The number of hydrogen-bond acceptors (Lipinski definition) is 2. The summed E-state index contributed by atoms with van der Waals surface area (Å²) in [6.45, 7) is 3.81. The zero-order valence-electron chi connectivity index (χ0n) is 16.2. The van der Waals surface area contributed by atoms with E-state index in [1.807, 2.05) is 24.3 Å². The van der Waals surface area contributed by atoms with E-state index in [9.17, 15) is 4.79 Å². The zero-order chi connectivity index (χ0) is 18.9.